The lowest BCUT2D eigenvalue weighted by Gasteiger charge is -2.34. The molecule has 0 bridgehead atoms. The second kappa shape index (κ2) is 5.72. The first kappa shape index (κ1) is 13.4. The number of carbonyl (C=O) groups is 1. The number of hydrogen-bond donors (Lipinski definition) is 1. The molecule has 1 aromatic carbocycles. The molecule has 18 heavy (non-hydrogen) atoms. The lowest BCUT2D eigenvalue weighted by molar-refractivity contribution is -0.144. The molecule has 98 valence electrons. The highest BCUT2D eigenvalue weighted by Gasteiger charge is 2.29. The molecule has 4 heteroatoms. The van der Waals surface area contributed by atoms with E-state index in [1.54, 1.807) is 24.3 Å². The summed E-state index contributed by atoms with van der Waals surface area (Å²) in [4.78, 5) is 13.5. The minimum atomic E-state index is -0.785. The number of benzene rings is 1. The van der Waals surface area contributed by atoms with Crippen molar-refractivity contribution in [3.05, 3.63) is 34.9 Å². The van der Waals surface area contributed by atoms with Crippen LogP contribution in [0.1, 0.15) is 31.4 Å². The molecule has 1 atom stereocenters. The molecule has 1 saturated heterocycles. The van der Waals surface area contributed by atoms with Gasteiger partial charge in [0.25, 0.3) is 0 Å². The largest absolute Gasteiger partial charge is 0.480 e. The van der Waals surface area contributed by atoms with Crippen LogP contribution < -0.4 is 0 Å². The monoisotopic (exact) mass is 267 g/mol. The minimum Gasteiger partial charge on any atom is -0.480 e. The summed E-state index contributed by atoms with van der Waals surface area (Å²) in [5.41, 5.74) is 0.807. The van der Waals surface area contributed by atoms with Gasteiger partial charge in [-0.1, -0.05) is 30.7 Å². The fourth-order valence-corrected chi connectivity index (χ4v) is 2.57. The van der Waals surface area contributed by atoms with Crippen molar-refractivity contribution < 1.29 is 9.90 Å². The van der Waals surface area contributed by atoms with Crippen LogP contribution in [0.4, 0.5) is 0 Å². The smallest absolute Gasteiger partial charge is 0.325 e. The first-order valence-electron chi connectivity index (χ1n) is 6.30. The Morgan fingerprint density at radius 3 is 2.39 bits per heavy atom. The Bertz CT molecular complexity index is 410. The third-order valence-corrected chi connectivity index (χ3v) is 3.86. The Labute approximate surface area is 112 Å². The zero-order valence-electron chi connectivity index (χ0n) is 10.5. The average molecular weight is 268 g/mol. The van der Waals surface area contributed by atoms with Crippen molar-refractivity contribution in [2.45, 2.75) is 25.8 Å². The van der Waals surface area contributed by atoms with Crippen molar-refractivity contribution in [1.82, 2.24) is 4.90 Å². The van der Waals surface area contributed by atoms with Crippen LogP contribution in [0, 0.1) is 5.92 Å². The summed E-state index contributed by atoms with van der Waals surface area (Å²) in [5.74, 6) is -0.0900. The van der Waals surface area contributed by atoms with Gasteiger partial charge < -0.3 is 5.11 Å². The van der Waals surface area contributed by atoms with Crippen molar-refractivity contribution in [3.63, 3.8) is 0 Å². The number of aliphatic carboxylic acids is 1. The molecule has 1 N–H and O–H groups in total. The van der Waals surface area contributed by atoms with Crippen LogP contribution in [0.5, 0.6) is 0 Å². The Hall–Kier alpha value is -1.06. The van der Waals surface area contributed by atoms with Gasteiger partial charge in [0, 0.05) is 5.02 Å². The second-order valence-electron chi connectivity index (χ2n) is 5.01. The van der Waals surface area contributed by atoms with Gasteiger partial charge in [0.2, 0.25) is 0 Å². The van der Waals surface area contributed by atoms with E-state index in [1.165, 1.54) is 0 Å². The van der Waals surface area contributed by atoms with Gasteiger partial charge in [0.05, 0.1) is 0 Å². The van der Waals surface area contributed by atoms with Crippen LogP contribution >= 0.6 is 11.6 Å². The summed E-state index contributed by atoms with van der Waals surface area (Å²) in [6, 6.07) is 6.56. The average Bonchev–Trinajstić information content (AvgIpc) is 2.34. The quantitative estimate of drug-likeness (QED) is 0.914. The lowest BCUT2D eigenvalue weighted by atomic mass is 9.96. The number of likely N-dealkylation sites (tertiary alicyclic amines) is 1. The van der Waals surface area contributed by atoms with E-state index in [4.69, 9.17) is 11.6 Å². The fraction of sp³-hybridized carbons (Fsp3) is 0.500. The van der Waals surface area contributed by atoms with Gasteiger partial charge in [-0.3, -0.25) is 9.69 Å². The number of hydrogen-bond acceptors (Lipinski definition) is 2. The van der Waals surface area contributed by atoms with Crippen molar-refractivity contribution in [2.75, 3.05) is 13.1 Å². The molecule has 0 aromatic heterocycles. The van der Waals surface area contributed by atoms with Crippen molar-refractivity contribution in [3.8, 4) is 0 Å². The summed E-state index contributed by atoms with van der Waals surface area (Å²) in [6.45, 7) is 3.91. The van der Waals surface area contributed by atoms with Crippen LogP contribution in [0.15, 0.2) is 24.3 Å². The highest BCUT2D eigenvalue weighted by Crippen LogP contribution is 2.27. The van der Waals surface area contributed by atoms with Crippen LogP contribution in [-0.2, 0) is 4.79 Å². The summed E-state index contributed by atoms with van der Waals surface area (Å²) >= 11 is 5.84. The number of carboxylic acids is 1. The Kier molecular flexibility index (Phi) is 4.25. The van der Waals surface area contributed by atoms with E-state index in [9.17, 15) is 9.90 Å². The van der Waals surface area contributed by atoms with Gasteiger partial charge in [0.1, 0.15) is 6.04 Å². The zero-order valence-corrected chi connectivity index (χ0v) is 11.2. The van der Waals surface area contributed by atoms with E-state index in [2.05, 4.69) is 6.92 Å². The topological polar surface area (TPSA) is 40.5 Å². The van der Waals surface area contributed by atoms with E-state index in [0.717, 1.165) is 31.5 Å². The summed E-state index contributed by atoms with van der Waals surface area (Å²) in [5, 5.41) is 10.1. The van der Waals surface area contributed by atoms with Crippen LogP contribution in [-0.4, -0.2) is 29.1 Å². The number of piperidine rings is 1. The van der Waals surface area contributed by atoms with E-state index in [-0.39, 0.29) is 0 Å². The Morgan fingerprint density at radius 1 is 1.33 bits per heavy atom. The molecule has 2 rings (SSSR count). The summed E-state index contributed by atoms with van der Waals surface area (Å²) < 4.78 is 0. The number of halogens is 1. The molecule has 1 aliphatic rings. The molecule has 0 amide bonds. The van der Waals surface area contributed by atoms with Gasteiger partial charge in [-0.2, -0.15) is 0 Å². The maximum Gasteiger partial charge on any atom is 0.325 e. The van der Waals surface area contributed by atoms with Gasteiger partial charge in [-0.25, -0.2) is 0 Å². The molecule has 0 aliphatic carbocycles. The number of rotatable bonds is 3. The molecule has 3 nitrogen and oxygen atoms in total. The predicted molar refractivity (Wildman–Crippen MR) is 71.8 cm³/mol. The maximum atomic E-state index is 11.5. The van der Waals surface area contributed by atoms with E-state index >= 15 is 0 Å². The molecule has 0 spiro atoms. The normalized spacial score (nSPS) is 19.7. The second-order valence-corrected chi connectivity index (χ2v) is 5.45. The third-order valence-electron chi connectivity index (χ3n) is 3.60. The first-order chi connectivity index (χ1) is 8.58. The Morgan fingerprint density at radius 2 is 1.89 bits per heavy atom. The minimum absolute atomic E-state index is 0.547. The molecular formula is C14H18ClNO2. The SMILES string of the molecule is CC1CCN(C(C(=O)O)c2ccc(Cl)cc2)CC1. The maximum absolute atomic E-state index is 11.5. The van der Waals surface area contributed by atoms with Crippen molar-refractivity contribution in [1.29, 1.82) is 0 Å². The van der Waals surface area contributed by atoms with Gasteiger partial charge in [-0.05, 0) is 49.5 Å². The zero-order chi connectivity index (χ0) is 13.1. The van der Waals surface area contributed by atoms with E-state index in [0.29, 0.717) is 10.9 Å². The number of carboxylic acid groups (broad SMARTS) is 1. The standard InChI is InChI=1S/C14H18ClNO2/c1-10-6-8-16(9-7-10)13(14(17)18)11-2-4-12(15)5-3-11/h2-5,10,13H,6-9H2,1H3,(H,17,18). The predicted octanol–water partition coefficient (Wildman–Crippen LogP) is 3.20. The van der Waals surface area contributed by atoms with Crippen LogP contribution in [0.2, 0.25) is 5.02 Å². The third kappa shape index (κ3) is 3.03. The molecular weight excluding hydrogens is 250 g/mol. The van der Waals surface area contributed by atoms with Crippen LogP contribution in [0.3, 0.4) is 0 Å². The molecule has 1 aromatic rings. The first-order valence-corrected chi connectivity index (χ1v) is 6.68. The van der Waals surface area contributed by atoms with E-state index < -0.39 is 12.0 Å². The van der Waals surface area contributed by atoms with Crippen molar-refractivity contribution >= 4 is 17.6 Å². The fourth-order valence-electron chi connectivity index (χ4n) is 2.44. The molecule has 0 radical (unpaired) electrons. The van der Waals surface area contributed by atoms with Gasteiger partial charge in [-0.15, -0.1) is 0 Å². The Balaban J connectivity index is 2.18. The number of nitrogens with zero attached hydrogens (tertiary/aromatic N) is 1. The van der Waals surface area contributed by atoms with Crippen molar-refractivity contribution in [2.24, 2.45) is 5.92 Å². The highest BCUT2D eigenvalue weighted by atomic mass is 35.5. The van der Waals surface area contributed by atoms with Gasteiger partial charge in [0.15, 0.2) is 0 Å². The molecule has 1 fully saturated rings. The summed E-state index contributed by atoms with van der Waals surface area (Å²) in [7, 11) is 0. The molecule has 0 saturated carbocycles. The van der Waals surface area contributed by atoms with Gasteiger partial charge >= 0.3 is 5.97 Å². The summed E-state index contributed by atoms with van der Waals surface area (Å²) in [6.07, 6.45) is 2.13. The molecule has 1 aliphatic heterocycles. The highest BCUT2D eigenvalue weighted by molar-refractivity contribution is 6.30. The molecule has 1 unspecified atom stereocenters. The molecule has 1 heterocycles. The van der Waals surface area contributed by atoms with E-state index in [1.807, 2.05) is 4.90 Å². The van der Waals surface area contributed by atoms with Crippen LogP contribution in [0.25, 0.3) is 0 Å². The lowest BCUT2D eigenvalue weighted by Crippen LogP contribution is -2.39.